The molecule has 0 fully saturated rings. The quantitative estimate of drug-likeness (QED) is 0.616. The summed E-state index contributed by atoms with van der Waals surface area (Å²) < 4.78 is 16.8. The fourth-order valence-corrected chi connectivity index (χ4v) is 1.92. The zero-order valence-electron chi connectivity index (χ0n) is 10.6. The number of alkyl halides is 1. The molecule has 102 valence electrons. The van der Waals surface area contributed by atoms with Crippen LogP contribution in [-0.2, 0) is 4.79 Å². The second kappa shape index (κ2) is 6.61. The Kier molecular flexibility index (Phi) is 4.85. The number of Topliss-reactive ketones (excluding diaryl/α,β-unsaturated/α-hetero) is 1. The van der Waals surface area contributed by atoms with Crippen molar-refractivity contribution in [1.29, 1.82) is 0 Å². The van der Waals surface area contributed by atoms with Crippen molar-refractivity contribution in [3.63, 3.8) is 0 Å². The third-order valence-electron chi connectivity index (χ3n) is 2.64. The Morgan fingerprint density at radius 1 is 1.53 bits per heavy atom. The molecular weight excluding hydrogens is 312 g/mol. The highest BCUT2D eigenvalue weighted by atomic mass is 79.9. The van der Waals surface area contributed by atoms with Gasteiger partial charge in [-0.15, -0.1) is 0 Å². The summed E-state index contributed by atoms with van der Waals surface area (Å²) in [6, 6.07) is 5.40. The van der Waals surface area contributed by atoms with Gasteiger partial charge in [0.1, 0.15) is 13.2 Å². The largest absolute Gasteiger partial charge is 0.485 e. The molecule has 0 amide bonds. The molecule has 0 aromatic heterocycles. The van der Waals surface area contributed by atoms with Crippen molar-refractivity contribution in [2.75, 3.05) is 18.5 Å². The molecule has 19 heavy (non-hydrogen) atoms. The summed E-state index contributed by atoms with van der Waals surface area (Å²) in [6.07, 6.45) is 3.34. The summed E-state index contributed by atoms with van der Waals surface area (Å²) in [5.41, 5.74) is 0. The molecule has 0 bridgehead atoms. The first-order valence-electron chi connectivity index (χ1n) is 5.99. The lowest BCUT2D eigenvalue weighted by Gasteiger charge is -2.26. The molecule has 4 nitrogen and oxygen atoms in total. The van der Waals surface area contributed by atoms with Gasteiger partial charge < -0.3 is 14.2 Å². The lowest BCUT2D eigenvalue weighted by molar-refractivity contribution is -0.125. The summed E-state index contributed by atoms with van der Waals surface area (Å²) >= 11 is 3.30. The predicted octanol–water partition coefficient (Wildman–Crippen LogP) is 2.75. The number of para-hydroxylation sites is 1. The number of benzene rings is 1. The Bertz CT molecular complexity index is 484. The van der Waals surface area contributed by atoms with E-state index in [1.807, 2.05) is 24.3 Å². The summed E-state index contributed by atoms with van der Waals surface area (Å²) in [6.45, 7) is 2.17. The second-order valence-corrected chi connectivity index (χ2v) is 4.70. The molecule has 2 rings (SSSR count). The van der Waals surface area contributed by atoms with Gasteiger partial charge >= 0.3 is 0 Å². The second-order valence-electron chi connectivity index (χ2n) is 4.05. The minimum absolute atomic E-state index is 0.0442. The summed E-state index contributed by atoms with van der Waals surface area (Å²) in [7, 11) is 0. The van der Waals surface area contributed by atoms with E-state index in [4.69, 9.17) is 14.2 Å². The number of carbonyl (C=O) groups excluding carboxylic acids is 1. The molecule has 0 radical (unpaired) electrons. The third-order valence-corrected chi connectivity index (χ3v) is 3.01. The molecule has 0 aliphatic carbocycles. The molecule has 1 unspecified atom stereocenters. The van der Waals surface area contributed by atoms with Crippen LogP contribution in [0.2, 0.25) is 0 Å². The van der Waals surface area contributed by atoms with Crippen LogP contribution in [0.1, 0.15) is 6.92 Å². The third kappa shape index (κ3) is 3.50. The van der Waals surface area contributed by atoms with Gasteiger partial charge in [-0.1, -0.05) is 34.1 Å². The summed E-state index contributed by atoms with van der Waals surface area (Å²) in [4.78, 5) is 11.3. The molecule has 0 spiro atoms. The van der Waals surface area contributed by atoms with Crippen LogP contribution in [0, 0.1) is 0 Å². The molecule has 0 saturated heterocycles. The molecule has 0 saturated carbocycles. The molecular formula is C14H15BrO4. The van der Waals surface area contributed by atoms with Gasteiger partial charge in [0.05, 0.1) is 0 Å². The van der Waals surface area contributed by atoms with E-state index in [2.05, 4.69) is 15.9 Å². The van der Waals surface area contributed by atoms with E-state index in [1.54, 1.807) is 6.07 Å². The van der Waals surface area contributed by atoms with Gasteiger partial charge in [0.15, 0.2) is 23.4 Å². The summed E-state index contributed by atoms with van der Waals surface area (Å²) in [5.74, 6) is 1.69. The maximum Gasteiger partial charge on any atom is 0.203 e. The molecule has 1 aliphatic heterocycles. The molecule has 1 aromatic rings. The number of hydrogen-bond donors (Lipinski definition) is 0. The maximum atomic E-state index is 11.3. The predicted molar refractivity (Wildman–Crippen MR) is 75.5 cm³/mol. The first-order valence-corrected chi connectivity index (χ1v) is 7.11. The van der Waals surface area contributed by atoms with Crippen molar-refractivity contribution >= 4 is 21.7 Å². The van der Waals surface area contributed by atoms with Crippen LogP contribution in [-0.4, -0.2) is 30.4 Å². The zero-order chi connectivity index (χ0) is 13.7. The van der Waals surface area contributed by atoms with Crippen molar-refractivity contribution in [2.24, 2.45) is 0 Å². The lowest BCUT2D eigenvalue weighted by atomic mass is 10.2. The van der Waals surface area contributed by atoms with E-state index in [1.165, 1.54) is 6.92 Å². The first-order chi connectivity index (χ1) is 9.22. The van der Waals surface area contributed by atoms with E-state index in [0.717, 1.165) is 5.33 Å². The highest BCUT2D eigenvalue weighted by Crippen LogP contribution is 2.40. The standard InChI is InChI=1S/C14H15BrO4/c1-10(16)13-9-18-14-11(17-8-3-2-7-15)5-4-6-12(14)19-13/h2-6,13H,7-9H2,1H3. The molecule has 1 aliphatic rings. The highest BCUT2D eigenvalue weighted by molar-refractivity contribution is 9.09. The van der Waals surface area contributed by atoms with Crippen molar-refractivity contribution in [2.45, 2.75) is 13.0 Å². The van der Waals surface area contributed by atoms with Crippen molar-refractivity contribution in [3.8, 4) is 17.2 Å². The Morgan fingerprint density at radius 3 is 3.11 bits per heavy atom. The van der Waals surface area contributed by atoms with Crippen LogP contribution in [0.15, 0.2) is 30.4 Å². The number of allylic oxidation sites excluding steroid dienone is 1. The van der Waals surface area contributed by atoms with Crippen molar-refractivity contribution in [3.05, 3.63) is 30.4 Å². The Balaban J connectivity index is 2.09. The van der Waals surface area contributed by atoms with Gasteiger partial charge in [-0.2, -0.15) is 0 Å². The molecule has 5 heteroatoms. The summed E-state index contributed by atoms with van der Waals surface area (Å²) in [5, 5.41) is 0.795. The van der Waals surface area contributed by atoms with Crippen LogP contribution < -0.4 is 14.2 Å². The van der Waals surface area contributed by atoms with E-state index in [9.17, 15) is 4.79 Å². The molecule has 0 N–H and O–H groups in total. The highest BCUT2D eigenvalue weighted by Gasteiger charge is 2.26. The fourth-order valence-electron chi connectivity index (χ4n) is 1.66. The number of ketones is 1. The van der Waals surface area contributed by atoms with E-state index < -0.39 is 6.10 Å². The molecule has 1 atom stereocenters. The number of rotatable bonds is 5. The van der Waals surface area contributed by atoms with Gasteiger partial charge in [-0.25, -0.2) is 0 Å². The number of carbonyl (C=O) groups is 1. The maximum absolute atomic E-state index is 11.3. The number of halogens is 1. The lowest BCUT2D eigenvalue weighted by Crippen LogP contribution is -2.35. The monoisotopic (exact) mass is 326 g/mol. The average molecular weight is 327 g/mol. The van der Waals surface area contributed by atoms with Crippen molar-refractivity contribution < 1.29 is 19.0 Å². The topological polar surface area (TPSA) is 44.8 Å². The van der Waals surface area contributed by atoms with Gasteiger partial charge in [-0.05, 0) is 19.1 Å². The van der Waals surface area contributed by atoms with Gasteiger partial charge in [0.25, 0.3) is 0 Å². The van der Waals surface area contributed by atoms with Crippen LogP contribution >= 0.6 is 15.9 Å². The minimum atomic E-state index is -0.531. The van der Waals surface area contributed by atoms with Crippen LogP contribution in [0.4, 0.5) is 0 Å². The average Bonchev–Trinajstić information content (AvgIpc) is 2.43. The zero-order valence-corrected chi connectivity index (χ0v) is 12.2. The normalized spacial score (nSPS) is 17.5. The smallest absolute Gasteiger partial charge is 0.203 e. The van der Waals surface area contributed by atoms with E-state index in [-0.39, 0.29) is 12.4 Å². The minimum Gasteiger partial charge on any atom is -0.485 e. The first kappa shape index (κ1) is 13.9. The van der Waals surface area contributed by atoms with Crippen LogP contribution in [0.3, 0.4) is 0 Å². The SMILES string of the molecule is CC(=O)C1COc2c(OCC=CCBr)cccc2O1. The van der Waals surface area contributed by atoms with Gasteiger partial charge in [0.2, 0.25) is 5.75 Å². The van der Waals surface area contributed by atoms with E-state index >= 15 is 0 Å². The van der Waals surface area contributed by atoms with Crippen LogP contribution in [0.5, 0.6) is 17.2 Å². The Morgan fingerprint density at radius 2 is 2.37 bits per heavy atom. The molecule has 1 heterocycles. The number of hydrogen-bond acceptors (Lipinski definition) is 4. The number of ether oxygens (including phenoxy) is 3. The Labute approximate surface area is 120 Å². The van der Waals surface area contributed by atoms with Crippen molar-refractivity contribution in [1.82, 2.24) is 0 Å². The fraction of sp³-hybridized carbons (Fsp3) is 0.357. The van der Waals surface area contributed by atoms with Gasteiger partial charge in [-0.3, -0.25) is 4.79 Å². The van der Waals surface area contributed by atoms with Gasteiger partial charge in [0, 0.05) is 5.33 Å². The van der Waals surface area contributed by atoms with E-state index in [0.29, 0.717) is 23.9 Å². The molecule has 1 aromatic carbocycles. The van der Waals surface area contributed by atoms with Crippen LogP contribution in [0.25, 0.3) is 0 Å². The number of fused-ring (bicyclic) bond motifs is 1. The Hall–Kier alpha value is -1.49.